The van der Waals surface area contributed by atoms with E-state index in [9.17, 15) is 18.0 Å². The molecule has 0 aromatic heterocycles. The number of amides is 2. The van der Waals surface area contributed by atoms with Crippen LogP contribution < -0.4 is 15.5 Å². The second-order valence-electron chi connectivity index (χ2n) is 7.34. The molecule has 2 heterocycles. The van der Waals surface area contributed by atoms with Gasteiger partial charge in [0.15, 0.2) is 0 Å². The van der Waals surface area contributed by atoms with Crippen LogP contribution in [0, 0.1) is 0 Å². The summed E-state index contributed by atoms with van der Waals surface area (Å²) in [5.74, 6) is -0.431. The molecule has 2 aliphatic rings. The van der Waals surface area contributed by atoms with Crippen molar-refractivity contribution in [3.63, 3.8) is 0 Å². The Labute approximate surface area is 169 Å². The minimum absolute atomic E-state index is 0.0471. The second kappa shape index (κ2) is 7.16. The van der Waals surface area contributed by atoms with E-state index < -0.39 is 10.0 Å². The van der Waals surface area contributed by atoms with Crippen LogP contribution in [0.2, 0.25) is 0 Å². The molecule has 1 saturated heterocycles. The number of rotatable bonds is 4. The molecule has 9 heteroatoms. The number of anilines is 3. The third-order valence-corrected chi connectivity index (χ3v) is 7.06. The molecule has 0 saturated carbocycles. The first kappa shape index (κ1) is 19.4. The van der Waals surface area contributed by atoms with E-state index in [4.69, 9.17) is 0 Å². The molecule has 2 aromatic rings. The van der Waals surface area contributed by atoms with Gasteiger partial charge in [-0.25, -0.2) is 12.7 Å². The van der Waals surface area contributed by atoms with Gasteiger partial charge in [-0.15, -0.1) is 0 Å². The second-order valence-corrected chi connectivity index (χ2v) is 9.49. The van der Waals surface area contributed by atoms with E-state index in [1.807, 2.05) is 6.07 Å². The smallest absolute Gasteiger partial charge is 0.255 e. The molecule has 0 aliphatic carbocycles. The van der Waals surface area contributed by atoms with Crippen molar-refractivity contribution >= 4 is 38.9 Å². The Kier molecular flexibility index (Phi) is 4.79. The van der Waals surface area contributed by atoms with Crippen LogP contribution in [-0.2, 0) is 14.8 Å². The van der Waals surface area contributed by atoms with Gasteiger partial charge >= 0.3 is 0 Å². The number of fused-ring (bicyclic) bond motifs is 3. The van der Waals surface area contributed by atoms with E-state index in [0.717, 1.165) is 29.4 Å². The molecule has 4 rings (SSSR count). The quantitative estimate of drug-likeness (QED) is 0.798. The highest BCUT2D eigenvalue weighted by Gasteiger charge is 2.36. The van der Waals surface area contributed by atoms with Gasteiger partial charge in [-0.1, -0.05) is 6.07 Å². The van der Waals surface area contributed by atoms with Crippen LogP contribution in [0.25, 0.3) is 0 Å². The van der Waals surface area contributed by atoms with E-state index in [1.54, 1.807) is 24.3 Å². The fourth-order valence-electron chi connectivity index (χ4n) is 3.72. The number of sulfonamides is 1. The Hall–Kier alpha value is -2.91. The number of nitrogens with one attached hydrogen (secondary N) is 2. The van der Waals surface area contributed by atoms with Crippen molar-refractivity contribution in [2.45, 2.75) is 23.8 Å². The van der Waals surface area contributed by atoms with E-state index >= 15 is 0 Å². The Morgan fingerprint density at radius 3 is 2.76 bits per heavy atom. The molecule has 29 heavy (non-hydrogen) atoms. The molecule has 1 fully saturated rings. The number of carbonyl (C=O) groups is 2. The van der Waals surface area contributed by atoms with Gasteiger partial charge in [0, 0.05) is 31.9 Å². The molecule has 0 unspecified atom stereocenters. The maximum Gasteiger partial charge on any atom is 0.255 e. The van der Waals surface area contributed by atoms with Crippen molar-refractivity contribution in [3.05, 3.63) is 48.0 Å². The number of hydrogen-bond acceptors (Lipinski definition) is 5. The first-order valence-corrected chi connectivity index (χ1v) is 10.8. The molecule has 0 radical (unpaired) electrons. The summed E-state index contributed by atoms with van der Waals surface area (Å²) < 4.78 is 25.7. The average Bonchev–Trinajstić information content (AvgIpc) is 3.18. The summed E-state index contributed by atoms with van der Waals surface area (Å²) in [5, 5.41) is 5.61. The molecule has 8 nitrogen and oxygen atoms in total. The molecule has 2 amide bonds. The van der Waals surface area contributed by atoms with Crippen molar-refractivity contribution < 1.29 is 18.0 Å². The molecule has 152 valence electrons. The molecule has 2 aliphatic heterocycles. The van der Waals surface area contributed by atoms with Crippen LogP contribution in [0.1, 0.15) is 23.2 Å². The average molecular weight is 414 g/mol. The van der Waals surface area contributed by atoms with Crippen molar-refractivity contribution in [2.75, 3.05) is 36.2 Å². The maximum absolute atomic E-state index is 12.7. The SMILES string of the molecule is CN(C)S(=O)(=O)c1cccc(NC(=O)c2ccc3c(c2)NC(=O)[C@H]2CCCN32)c1. The fraction of sp³-hybridized carbons (Fsp3) is 0.300. The van der Waals surface area contributed by atoms with Crippen LogP contribution >= 0.6 is 0 Å². The van der Waals surface area contributed by atoms with Gasteiger partial charge in [0.25, 0.3) is 5.91 Å². The van der Waals surface area contributed by atoms with E-state index in [0.29, 0.717) is 16.9 Å². The number of carbonyl (C=O) groups excluding carboxylic acids is 2. The van der Waals surface area contributed by atoms with Gasteiger partial charge in [0.2, 0.25) is 15.9 Å². The molecule has 2 aromatic carbocycles. The predicted octanol–water partition coefficient (Wildman–Crippen LogP) is 2.11. The zero-order valence-electron chi connectivity index (χ0n) is 16.2. The Bertz CT molecular complexity index is 1100. The summed E-state index contributed by atoms with van der Waals surface area (Å²) in [6.45, 7) is 0.823. The fourth-order valence-corrected chi connectivity index (χ4v) is 4.67. The topological polar surface area (TPSA) is 98.8 Å². The molecular formula is C20H22N4O4S. The van der Waals surface area contributed by atoms with Crippen molar-refractivity contribution in [3.8, 4) is 0 Å². The normalized spacial score (nSPS) is 18.2. The van der Waals surface area contributed by atoms with Crippen LogP contribution in [0.3, 0.4) is 0 Å². The Morgan fingerprint density at radius 2 is 2.00 bits per heavy atom. The molecular weight excluding hydrogens is 392 g/mol. The third-order valence-electron chi connectivity index (χ3n) is 5.25. The number of benzene rings is 2. The van der Waals surface area contributed by atoms with Crippen molar-refractivity contribution in [1.82, 2.24) is 4.31 Å². The summed E-state index contributed by atoms with van der Waals surface area (Å²) in [7, 11) is -0.695. The lowest BCUT2D eigenvalue weighted by Gasteiger charge is -2.33. The van der Waals surface area contributed by atoms with Crippen LogP contribution in [0.15, 0.2) is 47.4 Å². The first-order chi connectivity index (χ1) is 13.8. The maximum atomic E-state index is 12.7. The Morgan fingerprint density at radius 1 is 1.21 bits per heavy atom. The van der Waals surface area contributed by atoms with E-state index in [2.05, 4.69) is 15.5 Å². The summed E-state index contributed by atoms with van der Waals surface area (Å²) in [4.78, 5) is 27.2. The standard InChI is InChI=1S/C20H22N4O4S/c1-23(2)29(27,28)15-6-3-5-14(12-15)21-19(25)13-8-9-17-16(11-13)22-20(26)18-7-4-10-24(17)18/h3,5-6,8-9,11-12,18H,4,7,10H2,1-2H3,(H,21,25)(H,22,26)/t18-/m1/s1. The van der Waals surface area contributed by atoms with Gasteiger partial charge in [0.05, 0.1) is 16.3 Å². The molecule has 2 N–H and O–H groups in total. The molecule has 0 spiro atoms. The van der Waals surface area contributed by atoms with Gasteiger partial charge in [-0.3, -0.25) is 9.59 Å². The predicted molar refractivity (Wildman–Crippen MR) is 111 cm³/mol. The number of hydrogen-bond donors (Lipinski definition) is 2. The molecule has 0 bridgehead atoms. The first-order valence-electron chi connectivity index (χ1n) is 9.33. The summed E-state index contributed by atoms with van der Waals surface area (Å²) in [6, 6.07) is 11.2. The largest absolute Gasteiger partial charge is 0.358 e. The lowest BCUT2D eigenvalue weighted by molar-refractivity contribution is -0.117. The monoisotopic (exact) mass is 414 g/mol. The molecule has 1 atom stereocenters. The van der Waals surface area contributed by atoms with Crippen molar-refractivity contribution in [1.29, 1.82) is 0 Å². The summed E-state index contributed by atoms with van der Waals surface area (Å²) in [6.07, 6.45) is 1.80. The minimum atomic E-state index is -3.60. The highest BCUT2D eigenvalue weighted by atomic mass is 32.2. The highest BCUT2D eigenvalue weighted by Crippen LogP contribution is 2.37. The van der Waals surface area contributed by atoms with Crippen LogP contribution in [0.4, 0.5) is 17.1 Å². The van der Waals surface area contributed by atoms with Gasteiger partial charge in [-0.05, 0) is 49.2 Å². The number of nitrogens with zero attached hydrogens (tertiary/aromatic N) is 2. The van der Waals surface area contributed by atoms with Gasteiger partial charge in [-0.2, -0.15) is 0 Å². The van der Waals surface area contributed by atoms with E-state index in [-0.39, 0.29) is 22.8 Å². The summed E-state index contributed by atoms with van der Waals surface area (Å²) >= 11 is 0. The van der Waals surface area contributed by atoms with Gasteiger partial charge < -0.3 is 15.5 Å². The highest BCUT2D eigenvalue weighted by molar-refractivity contribution is 7.89. The van der Waals surface area contributed by atoms with E-state index in [1.165, 1.54) is 26.2 Å². The van der Waals surface area contributed by atoms with Crippen LogP contribution in [-0.4, -0.2) is 51.2 Å². The van der Waals surface area contributed by atoms with Crippen molar-refractivity contribution in [2.24, 2.45) is 0 Å². The lowest BCUT2D eigenvalue weighted by Crippen LogP contribution is -2.43. The summed E-state index contributed by atoms with van der Waals surface area (Å²) in [5.41, 5.74) is 2.29. The van der Waals surface area contributed by atoms with Crippen LogP contribution in [0.5, 0.6) is 0 Å². The van der Waals surface area contributed by atoms with Gasteiger partial charge in [0.1, 0.15) is 6.04 Å². The minimum Gasteiger partial charge on any atom is -0.358 e. The Balaban J connectivity index is 1.57. The zero-order chi connectivity index (χ0) is 20.8. The third kappa shape index (κ3) is 3.47. The zero-order valence-corrected chi connectivity index (χ0v) is 17.0. The lowest BCUT2D eigenvalue weighted by atomic mass is 10.1.